The van der Waals surface area contributed by atoms with Crippen LogP contribution in [0.3, 0.4) is 0 Å². The van der Waals surface area contributed by atoms with Gasteiger partial charge in [0, 0.05) is 18.1 Å². The highest BCUT2D eigenvalue weighted by Crippen LogP contribution is 2.34. The Bertz CT molecular complexity index is 577. The molecular formula is C19H34N4O4. The molecule has 0 aliphatic carbocycles. The summed E-state index contributed by atoms with van der Waals surface area (Å²) in [6.07, 6.45) is 2.83. The lowest BCUT2D eigenvalue weighted by molar-refractivity contribution is 0.0559. The van der Waals surface area contributed by atoms with Gasteiger partial charge in [-0.15, -0.1) is 4.99 Å². The summed E-state index contributed by atoms with van der Waals surface area (Å²) >= 11 is 0. The van der Waals surface area contributed by atoms with Gasteiger partial charge in [-0.05, 0) is 74.3 Å². The van der Waals surface area contributed by atoms with Gasteiger partial charge >= 0.3 is 12.2 Å². The van der Waals surface area contributed by atoms with E-state index in [1.807, 2.05) is 0 Å². The van der Waals surface area contributed by atoms with Gasteiger partial charge in [0.05, 0.1) is 0 Å². The number of nitrogens with one attached hydrogen (secondary N) is 2. The molecule has 0 aromatic carbocycles. The number of rotatable bonds is 1. The molecule has 2 bridgehead atoms. The van der Waals surface area contributed by atoms with Gasteiger partial charge in [-0.2, -0.15) is 0 Å². The van der Waals surface area contributed by atoms with Crippen molar-refractivity contribution >= 4 is 18.1 Å². The molecular weight excluding hydrogens is 348 g/mol. The Labute approximate surface area is 162 Å². The summed E-state index contributed by atoms with van der Waals surface area (Å²) in [7, 11) is 2.16. The van der Waals surface area contributed by atoms with Crippen LogP contribution >= 0.6 is 0 Å². The van der Waals surface area contributed by atoms with Crippen molar-refractivity contribution in [2.24, 2.45) is 4.99 Å². The number of carbonyl (C=O) groups excluding carboxylic acids is 2. The lowest BCUT2D eigenvalue weighted by Gasteiger charge is -2.37. The molecule has 2 heterocycles. The van der Waals surface area contributed by atoms with Gasteiger partial charge in [0.1, 0.15) is 11.2 Å². The highest BCUT2D eigenvalue weighted by Gasteiger charge is 2.38. The maximum Gasteiger partial charge on any atom is 0.437 e. The average molecular weight is 383 g/mol. The van der Waals surface area contributed by atoms with Crippen molar-refractivity contribution in [2.75, 3.05) is 7.05 Å². The van der Waals surface area contributed by atoms with Crippen molar-refractivity contribution in [3.05, 3.63) is 0 Å². The second-order valence-electron chi connectivity index (χ2n) is 9.43. The number of hydrogen-bond acceptors (Lipinski definition) is 5. The number of piperidine rings is 1. The molecule has 154 valence electrons. The minimum Gasteiger partial charge on any atom is -0.444 e. The van der Waals surface area contributed by atoms with E-state index in [0.717, 1.165) is 12.8 Å². The zero-order chi connectivity index (χ0) is 20.4. The number of nitrogens with zero attached hydrogens (tertiary/aromatic N) is 2. The van der Waals surface area contributed by atoms with Crippen LogP contribution < -0.4 is 10.6 Å². The monoisotopic (exact) mass is 382 g/mol. The van der Waals surface area contributed by atoms with Crippen molar-refractivity contribution < 1.29 is 19.1 Å². The van der Waals surface area contributed by atoms with Crippen molar-refractivity contribution in [2.45, 2.75) is 96.6 Å². The molecule has 2 amide bonds. The van der Waals surface area contributed by atoms with E-state index < -0.39 is 23.4 Å². The molecule has 2 saturated heterocycles. The summed E-state index contributed by atoms with van der Waals surface area (Å²) in [6, 6.07) is 1.17. The summed E-state index contributed by atoms with van der Waals surface area (Å²) in [5, 5.41) is 5.78. The highest BCUT2D eigenvalue weighted by atomic mass is 16.6. The van der Waals surface area contributed by atoms with Crippen LogP contribution in [0.25, 0.3) is 0 Å². The largest absolute Gasteiger partial charge is 0.444 e. The summed E-state index contributed by atoms with van der Waals surface area (Å²) in [4.78, 5) is 30.6. The van der Waals surface area contributed by atoms with Gasteiger partial charge in [-0.25, -0.2) is 9.59 Å². The van der Waals surface area contributed by atoms with E-state index in [1.54, 1.807) is 41.5 Å². The van der Waals surface area contributed by atoms with Gasteiger partial charge in [0.15, 0.2) is 0 Å². The van der Waals surface area contributed by atoms with Crippen molar-refractivity contribution in [3.63, 3.8) is 0 Å². The Balaban J connectivity index is 2.07. The smallest absolute Gasteiger partial charge is 0.437 e. The number of fused-ring (bicyclic) bond motifs is 2. The lowest BCUT2D eigenvalue weighted by Crippen LogP contribution is -2.53. The molecule has 3 atom stereocenters. The number of carbonyl (C=O) groups is 2. The van der Waals surface area contributed by atoms with E-state index in [1.165, 1.54) is 12.8 Å². The summed E-state index contributed by atoms with van der Waals surface area (Å²) in [5.41, 5.74) is -1.31. The number of guanidine groups is 1. The average Bonchev–Trinajstić information content (AvgIpc) is 2.65. The number of alkyl carbamates (subject to hydrolysis) is 1. The maximum atomic E-state index is 12.2. The van der Waals surface area contributed by atoms with Gasteiger partial charge in [-0.3, -0.25) is 5.32 Å². The highest BCUT2D eigenvalue weighted by molar-refractivity contribution is 5.99. The zero-order valence-corrected chi connectivity index (χ0v) is 17.6. The van der Waals surface area contributed by atoms with E-state index in [0.29, 0.717) is 12.1 Å². The lowest BCUT2D eigenvalue weighted by atomic mass is 9.98. The summed E-state index contributed by atoms with van der Waals surface area (Å²) in [6.45, 7) is 10.6. The normalized spacial score (nSPS) is 26.5. The van der Waals surface area contributed by atoms with Crippen LogP contribution in [0.2, 0.25) is 0 Å². The predicted octanol–water partition coefficient (Wildman–Crippen LogP) is 3.02. The standard InChI is InChI=1S/C19H34N4O4/c1-18(2,3)26-16(24)21-15(22-17(25)27-19(4,5)6)20-12-10-13-8-9-14(11-12)23(13)7/h12-14H,8-11H2,1-7H3,(H2,20,21,22,24,25)/t12-,13+,14-. The van der Waals surface area contributed by atoms with Gasteiger partial charge in [0.25, 0.3) is 0 Å². The van der Waals surface area contributed by atoms with E-state index in [9.17, 15) is 9.59 Å². The molecule has 0 unspecified atom stereocenters. The Morgan fingerprint density at radius 1 is 0.963 bits per heavy atom. The van der Waals surface area contributed by atoms with Gasteiger partial charge < -0.3 is 19.7 Å². The molecule has 8 heteroatoms. The Kier molecular flexibility index (Phi) is 6.39. The molecule has 0 radical (unpaired) electrons. The van der Waals surface area contributed by atoms with Crippen LogP contribution in [0.4, 0.5) is 9.59 Å². The molecule has 0 aromatic heterocycles. The van der Waals surface area contributed by atoms with Gasteiger partial charge in [-0.1, -0.05) is 0 Å². The van der Waals surface area contributed by atoms with E-state index in [-0.39, 0.29) is 12.0 Å². The van der Waals surface area contributed by atoms with Crippen LogP contribution in [0.15, 0.2) is 4.99 Å². The van der Waals surface area contributed by atoms with E-state index in [4.69, 9.17) is 9.47 Å². The number of aliphatic imine (C=N–C) groups is 1. The molecule has 8 nitrogen and oxygen atoms in total. The number of amides is 2. The Morgan fingerprint density at radius 3 is 1.96 bits per heavy atom. The van der Waals surface area contributed by atoms with Crippen LogP contribution in [0.5, 0.6) is 0 Å². The molecule has 0 aromatic rings. The maximum absolute atomic E-state index is 12.2. The second-order valence-corrected chi connectivity index (χ2v) is 9.43. The first-order valence-electron chi connectivity index (χ1n) is 9.62. The molecule has 2 fully saturated rings. The number of ether oxygens (including phenoxy) is 2. The summed E-state index contributed by atoms with van der Waals surface area (Å²) < 4.78 is 10.5. The van der Waals surface area contributed by atoms with Crippen molar-refractivity contribution in [3.8, 4) is 0 Å². The third-order valence-corrected chi connectivity index (χ3v) is 4.66. The third kappa shape index (κ3) is 7.01. The number of hydrogen-bond donors (Lipinski definition) is 2. The van der Waals surface area contributed by atoms with Crippen molar-refractivity contribution in [1.82, 2.24) is 15.5 Å². The van der Waals surface area contributed by atoms with Crippen LogP contribution in [-0.2, 0) is 9.47 Å². The third-order valence-electron chi connectivity index (χ3n) is 4.66. The molecule has 2 aliphatic rings. The fraction of sp³-hybridized carbons (Fsp3) is 0.842. The van der Waals surface area contributed by atoms with Crippen LogP contribution in [0, 0.1) is 0 Å². The zero-order valence-electron chi connectivity index (χ0n) is 17.6. The fourth-order valence-electron chi connectivity index (χ4n) is 3.60. The second kappa shape index (κ2) is 8.04. The minimum atomic E-state index is -0.753. The Morgan fingerprint density at radius 2 is 1.48 bits per heavy atom. The topological polar surface area (TPSA) is 92.3 Å². The predicted molar refractivity (Wildman–Crippen MR) is 104 cm³/mol. The van der Waals surface area contributed by atoms with E-state index in [2.05, 4.69) is 27.6 Å². The quantitative estimate of drug-likeness (QED) is 0.535. The van der Waals surface area contributed by atoms with Crippen LogP contribution in [-0.4, -0.2) is 59.4 Å². The molecule has 27 heavy (non-hydrogen) atoms. The molecule has 2 aliphatic heterocycles. The van der Waals surface area contributed by atoms with Gasteiger partial charge in [0.2, 0.25) is 5.96 Å². The molecule has 0 spiro atoms. The van der Waals surface area contributed by atoms with Crippen LogP contribution in [0.1, 0.15) is 67.2 Å². The van der Waals surface area contributed by atoms with E-state index >= 15 is 0 Å². The SMILES string of the molecule is CN1[C@@H]2CC[C@H]1C[C@@H](N/C(=N/C(=O)OC(C)(C)C)NC(=O)OC(C)(C)C)C2. The molecule has 2 rings (SSSR count). The molecule has 0 saturated carbocycles. The minimum absolute atomic E-state index is 0.0763. The Hall–Kier alpha value is -1.83. The first kappa shape index (κ1) is 21.5. The fourth-order valence-corrected chi connectivity index (χ4v) is 3.60. The first-order valence-corrected chi connectivity index (χ1v) is 9.62. The first-order chi connectivity index (χ1) is 12.3. The molecule has 2 N–H and O–H groups in total. The van der Waals surface area contributed by atoms with Crippen molar-refractivity contribution in [1.29, 1.82) is 0 Å². The summed E-state index contributed by atoms with van der Waals surface area (Å²) in [5.74, 6) is 0.0763.